The molecule has 0 unspecified atom stereocenters. The summed E-state index contributed by atoms with van der Waals surface area (Å²) in [5.74, 6) is -0.950. The van der Waals surface area contributed by atoms with E-state index in [0.717, 1.165) is 31.6 Å². The Labute approximate surface area is 122 Å². The van der Waals surface area contributed by atoms with E-state index >= 15 is 0 Å². The molecule has 0 radical (unpaired) electrons. The number of anilines is 1. The van der Waals surface area contributed by atoms with Gasteiger partial charge in [-0.1, -0.05) is 11.6 Å². The second-order valence-corrected chi connectivity index (χ2v) is 5.10. The van der Waals surface area contributed by atoms with Crippen molar-refractivity contribution >= 4 is 23.3 Å². The van der Waals surface area contributed by atoms with Crippen LogP contribution in [0.15, 0.2) is 18.2 Å². The van der Waals surface area contributed by atoms with E-state index in [-0.39, 0.29) is 12.7 Å². The molecule has 0 amide bonds. The minimum absolute atomic E-state index is 0.0351. The molecule has 1 aliphatic heterocycles. The Kier molecular flexibility index (Phi) is 4.83. The Morgan fingerprint density at radius 2 is 2.20 bits per heavy atom. The Balaban J connectivity index is 1.99. The smallest absolute Gasteiger partial charge is 0.329 e. The number of piperidine rings is 1. The number of carboxylic acid groups (broad SMARTS) is 1. The fourth-order valence-electron chi connectivity index (χ4n) is 2.31. The first kappa shape index (κ1) is 14.6. The van der Waals surface area contributed by atoms with Gasteiger partial charge in [-0.15, -0.1) is 0 Å². The molecule has 1 aromatic rings. The molecule has 0 aromatic heterocycles. The minimum atomic E-state index is -0.950. The van der Waals surface area contributed by atoms with Crippen molar-refractivity contribution in [2.75, 3.05) is 24.6 Å². The van der Waals surface area contributed by atoms with Gasteiger partial charge in [-0.2, -0.15) is 5.26 Å². The molecule has 1 aliphatic rings. The third-order valence-electron chi connectivity index (χ3n) is 3.31. The number of halogens is 1. The Bertz CT molecular complexity index is 534. The summed E-state index contributed by atoms with van der Waals surface area (Å²) in [5.41, 5.74) is 1.43. The van der Waals surface area contributed by atoms with Crippen molar-refractivity contribution in [3.8, 4) is 6.07 Å². The third kappa shape index (κ3) is 3.62. The number of ether oxygens (including phenoxy) is 1. The van der Waals surface area contributed by atoms with E-state index in [2.05, 4.69) is 11.0 Å². The molecule has 106 valence electrons. The standard InChI is InChI=1S/C14H15ClN2O3/c15-11-2-1-10(8-16)13(7-11)17-5-3-12(4-6-17)20-9-14(18)19/h1-2,7,12H,3-6,9H2,(H,18,19). The predicted octanol–water partition coefficient (Wildman–Crippen LogP) is 2.28. The van der Waals surface area contributed by atoms with Crippen LogP contribution in [-0.4, -0.2) is 36.9 Å². The van der Waals surface area contributed by atoms with Gasteiger partial charge in [-0.3, -0.25) is 0 Å². The Morgan fingerprint density at radius 3 is 2.80 bits per heavy atom. The fraction of sp³-hybridized carbons (Fsp3) is 0.429. The van der Waals surface area contributed by atoms with E-state index in [0.29, 0.717) is 10.6 Å². The summed E-state index contributed by atoms with van der Waals surface area (Å²) in [4.78, 5) is 12.6. The van der Waals surface area contributed by atoms with Gasteiger partial charge in [0.05, 0.1) is 17.4 Å². The fourth-order valence-corrected chi connectivity index (χ4v) is 2.48. The molecule has 2 rings (SSSR count). The zero-order valence-electron chi connectivity index (χ0n) is 10.9. The van der Waals surface area contributed by atoms with E-state index < -0.39 is 5.97 Å². The molecule has 6 heteroatoms. The van der Waals surface area contributed by atoms with Gasteiger partial charge in [-0.05, 0) is 31.0 Å². The van der Waals surface area contributed by atoms with Crippen LogP contribution in [0.1, 0.15) is 18.4 Å². The topological polar surface area (TPSA) is 73.6 Å². The van der Waals surface area contributed by atoms with Gasteiger partial charge >= 0.3 is 5.97 Å². The summed E-state index contributed by atoms with van der Waals surface area (Å²) in [6.45, 7) is 1.18. The van der Waals surface area contributed by atoms with E-state index in [1.165, 1.54) is 0 Å². The lowest BCUT2D eigenvalue weighted by atomic mass is 10.1. The van der Waals surface area contributed by atoms with Crippen LogP contribution in [0.25, 0.3) is 0 Å². The average molecular weight is 295 g/mol. The molecule has 5 nitrogen and oxygen atoms in total. The summed E-state index contributed by atoms with van der Waals surface area (Å²) in [7, 11) is 0. The van der Waals surface area contributed by atoms with Crippen LogP contribution in [0.3, 0.4) is 0 Å². The molecular weight excluding hydrogens is 280 g/mol. The largest absolute Gasteiger partial charge is 0.480 e. The van der Waals surface area contributed by atoms with Crippen LogP contribution in [0, 0.1) is 11.3 Å². The number of hydrogen-bond acceptors (Lipinski definition) is 4. The predicted molar refractivity (Wildman–Crippen MR) is 75.0 cm³/mol. The van der Waals surface area contributed by atoms with Crippen molar-refractivity contribution in [2.24, 2.45) is 0 Å². The van der Waals surface area contributed by atoms with Gasteiger partial charge in [0.25, 0.3) is 0 Å². The van der Waals surface area contributed by atoms with Crippen molar-refractivity contribution in [1.82, 2.24) is 0 Å². The number of benzene rings is 1. The molecule has 0 aliphatic carbocycles. The molecule has 1 aromatic carbocycles. The van der Waals surface area contributed by atoms with Crippen LogP contribution in [0.2, 0.25) is 5.02 Å². The molecule has 1 fully saturated rings. The number of rotatable bonds is 4. The van der Waals surface area contributed by atoms with Crippen LogP contribution < -0.4 is 4.90 Å². The first-order chi connectivity index (χ1) is 9.60. The van der Waals surface area contributed by atoms with E-state index in [1.807, 2.05) is 0 Å². The van der Waals surface area contributed by atoms with E-state index in [9.17, 15) is 4.79 Å². The van der Waals surface area contributed by atoms with Crippen LogP contribution in [0.4, 0.5) is 5.69 Å². The lowest BCUT2D eigenvalue weighted by Crippen LogP contribution is -2.38. The summed E-state index contributed by atoms with van der Waals surface area (Å²) >= 11 is 5.98. The molecular formula is C14H15ClN2O3. The van der Waals surface area contributed by atoms with Crippen LogP contribution in [-0.2, 0) is 9.53 Å². The van der Waals surface area contributed by atoms with Crippen molar-refractivity contribution in [3.05, 3.63) is 28.8 Å². The second kappa shape index (κ2) is 6.60. The first-order valence-electron chi connectivity index (χ1n) is 6.38. The summed E-state index contributed by atoms with van der Waals surface area (Å²) < 4.78 is 5.29. The highest BCUT2D eigenvalue weighted by molar-refractivity contribution is 6.30. The maximum atomic E-state index is 10.5. The number of aliphatic carboxylic acids is 1. The third-order valence-corrected chi connectivity index (χ3v) is 3.54. The highest BCUT2D eigenvalue weighted by Crippen LogP contribution is 2.27. The monoisotopic (exact) mass is 294 g/mol. The van der Waals surface area contributed by atoms with Crippen molar-refractivity contribution in [2.45, 2.75) is 18.9 Å². The number of carboxylic acids is 1. The van der Waals surface area contributed by atoms with Gasteiger partial charge < -0.3 is 14.7 Å². The van der Waals surface area contributed by atoms with Crippen molar-refractivity contribution < 1.29 is 14.6 Å². The van der Waals surface area contributed by atoms with Crippen LogP contribution >= 0.6 is 11.6 Å². The van der Waals surface area contributed by atoms with Gasteiger partial charge in [0.2, 0.25) is 0 Å². The SMILES string of the molecule is N#Cc1ccc(Cl)cc1N1CCC(OCC(=O)O)CC1. The summed E-state index contributed by atoms with van der Waals surface area (Å²) in [6, 6.07) is 7.37. The molecule has 1 saturated heterocycles. The highest BCUT2D eigenvalue weighted by Gasteiger charge is 2.22. The molecule has 0 atom stereocenters. The van der Waals surface area contributed by atoms with Gasteiger partial charge in [-0.25, -0.2) is 4.79 Å². The zero-order chi connectivity index (χ0) is 14.5. The van der Waals surface area contributed by atoms with Gasteiger partial charge in [0, 0.05) is 18.1 Å². The Morgan fingerprint density at radius 1 is 1.50 bits per heavy atom. The normalized spacial score (nSPS) is 15.9. The first-order valence-corrected chi connectivity index (χ1v) is 6.76. The number of nitrogens with zero attached hydrogens (tertiary/aromatic N) is 2. The van der Waals surface area contributed by atoms with E-state index in [1.54, 1.807) is 18.2 Å². The number of carbonyl (C=O) groups is 1. The Hall–Kier alpha value is -1.77. The maximum Gasteiger partial charge on any atom is 0.329 e. The molecule has 1 N–H and O–H groups in total. The zero-order valence-corrected chi connectivity index (χ0v) is 11.6. The van der Waals surface area contributed by atoms with E-state index in [4.69, 9.17) is 26.7 Å². The summed E-state index contributed by atoms with van der Waals surface area (Å²) in [6.07, 6.45) is 1.45. The number of hydrogen-bond donors (Lipinski definition) is 1. The van der Waals surface area contributed by atoms with Crippen molar-refractivity contribution in [3.63, 3.8) is 0 Å². The van der Waals surface area contributed by atoms with Crippen LogP contribution in [0.5, 0.6) is 0 Å². The molecule has 1 heterocycles. The maximum absolute atomic E-state index is 10.5. The molecule has 20 heavy (non-hydrogen) atoms. The molecule has 0 bridgehead atoms. The molecule has 0 spiro atoms. The lowest BCUT2D eigenvalue weighted by molar-refractivity contribution is -0.144. The summed E-state index contributed by atoms with van der Waals surface area (Å²) in [5, 5.41) is 18.3. The molecule has 0 saturated carbocycles. The second-order valence-electron chi connectivity index (χ2n) is 4.66. The highest BCUT2D eigenvalue weighted by atomic mass is 35.5. The quantitative estimate of drug-likeness (QED) is 0.922. The number of nitriles is 1. The lowest BCUT2D eigenvalue weighted by Gasteiger charge is -2.33. The minimum Gasteiger partial charge on any atom is -0.480 e. The van der Waals surface area contributed by atoms with Crippen molar-refractivity contribution in [1.29, 1.82) is 5.26 Å². The average Bonchev–Trinajstić information content (AvgIpc) is 2.45. The van der Waals surface area contributed by atoms with Gasteiger partial charge in [0.1, 0.15) is 12.7 Å². The van der Waals surface area contributed by atoms with Gasteiger partial charge in [0.15, 0.2) is 0 Å².